The molecular weight excluding hydrogens is 332 g/mol. The number of carbonyl (C=O) groups is 2. The standard InChI is InChI=1S/C15H16Cl2FNO3/c16-11-7-12(17)13(18)6-10(11)15(22)19-5-1-2-9(8-19)3-4-14(20)21/h6-7,9H,1-5,8H2,(H,20,21). The van der Waals surface area contributed by atoms with E-state index in [1.165, 1.54) is 6.07 Å². The largest absolute Gasteiger partial charge is 0.481 e. The van der Waals surface area contributed by atoms with Crippen molar-refractivity contribution in [2.45, 2.75) is 25.7 Å². The van der Waals surface area contributed by atoms with Gasteiger partial charge in [-0.1, -0.05) is 23.2 Å². The van der Waals surface area contributed by atoms with Crippen LogP contribution < -0.4 is 0 Å². The van der Waals surface area contributed by atoms with Crippen molar-refractivity contribution in [1.29, 1.82) is 0 Å². The molecule has 4 nitrogen and oxygen atoms in total. The van der Waals surface area contributed by atoms with Gasteiger partial charge in [-0.05, 0) is 37.3 Å². The van der Waals surface area contributed by atoms with E-state index in [0.29, 0.717) is 19.5 Å². The van der Waals surface area contributed by atoms with E-state index in [2.05, 4.69) is 0 Å². The van der Waals surface area contributed by atoms with Crippen LogP contribution in [0.5, 0.6) is 0 Å². The Morgan fingerprint density at radius 2 is 2.05 bits per heavy atom. The van der Waals surface area contributed by atoms with Crippen LogP contribution in [0, 0.1) is 11.7 Å². The Bertz CT molecular complexity index is 594. The number of amides is 1. The first-order chi connectivity index (χ1) is 10.4. The van der Waals surface area contributed by atoms with Gasteiger partial charge in [-0.3, -0.25) is 9.59 Å². The third-order valence-electron chi connectivity index (χ3n) is 3.81. The van der Waals surface area contributed by atoms with Crippen molar-refractivity contribution in [3.05, 3.63) is 33.6 Å². The zero-order valence-electron chi connectivity index (χ0n) is 11.8. The number of benzene rings is 1. The smallest absolute Gasteiger partial charge is 0.303 e. The van der Waals surface area contributed by atoms with Crippen molar-refractivity contribution in [2.24, 2.45) is 5.92 Å². The zero-order valence-corrected chi connectivity index (χ0v) is 13.3. The van der Waals surface area contributed by atoms with Gasteiger partial charge in [0.2, 0.25) is 0 Å². The van der Waals surface area contributed by atoms with Gasteiger partial charge in [0.05, 0.1) is 15.6 Å². The van der Waals surface area contributed by atoms with E-state index in [4.69, 9.17) is 28.3 Å². The van der Waals surface area contributed by atoms with Crippen LogP contribution in [-0.2, 0) is 4.79 Å². The number of carboxylic acids is 1. The second-order valence-electron chi connectivity index (χ2n) is 5.44. The maximum absolute atomic E-state index is 13.5. The molecule has 2 rings (SSSR count). The normalized spacial score (nSPS) is 18.3. The molecule has 1 amide bonds. The molecular formula is C15H16Cl2FNO3. The molecule has 0 aromatic heterocycles. The molecule has 1 fully saturated rings. The molecule has 0 spiro atoms. The first kappa shape index (κ1) is 17.0. The van der Waals surface area contributed by atoms with Crippen molar-refractivity contribution in [1.82, 2.24) is 4.90 Å². The van der Waals surface area contributed by atoms with Gasteiger partial charge in [0.15, 0.2) is 0 Å². The Hall–Kier alpha value is -1.33. The molecule has 1 aromatic carbocycles. The fourth-order valence-electron chi connectivity index (χ4n) is 2.67. The summed E-state index contributed by atoms with van der Waals surface area (Å²) in [5.41, 5.74) is 0.0856. The van der Waals surface area contributed by atoms with Crippen molar-refractivity contribution < 1.29 is 19.1 Å². The summed E-state index contributed by atoms with van der Waals surface area (Å²) >= 11 is 11.6. The number of carboxylic acid groups (broad SMARTS) is 1. The predicted molar refractivity (Wildman–Crippen MR) is 81.9 cm³/mol. The molecule has 1 aromatic rings. The van der Waals surface area contributed by atoms with Crippen molar-refractivity contribution >= 4 is 35.1 Å². The van der Waals surface area contributed by atoms with Crippen LogP contribution in [0.2, 0.25) is 10.0 Å². The van der Waals surface area contributed by atoms with Gasteiger partial charge >= 0.3 is 5.97 Å². The molecule has 1 N–H and O–H groups in total. The molecule has 1 heterocycles. The molecule has 0 saturated carbocycles. The maximum atomic E-state index is 13.5. The lowest BCUT2D eigenvalue weighted by Crippen LogP contribution is -2.40. The van der Waals surface area contributed by atoms with Crippen LogP contribution in [0.3, 0.4) is 0 Å². The fourth-order valence-corrected chi connectivity index (χ4v) is 3.13. The zero-order chi connectivity index (χ0) is 16.3. The average Bonchev–Trinajstić information content (AvgIpc) is 2.48. The molecule has 0 radical (unpaired) electrons. The van der Waals surface area contributed by atoms with Gasteiger partial charge in [-0.2, -0.15) is 0 Å². The summed E-state index contributed by atoms with van der Waals surface area (Å²) in [4.78, 5) is 24.7. The van der Waals surface area contributed by atoms with Crippen LogP contribution in [0.1, 0.15) is 36.0 Å². The van der Waals surface area contributed by atoms with Crippen molar-refractivity contribution in [2.75, 3.05) is 13.1 Å². The summed E-state index contributed by atoms with van der Waals surface area (Å²) in [5.74, 6) is -1.73. The number of likely N-dealkylation sites (tertiary alicyclic amines) is 1. The maximum Gasteiger partial charge on any atom is 0.303 e. The van der Waals surface area contributed by atoms with Gasteiger partial charge in [-0.25, -0.2) is 4.39 Å². The molecule has 7 heteroatoms. The summed E-state index contributed by atoms with van der Waals surface area (Å²) < 4.78 is 13.5. The van der Waals surface area contributed by atoms with E-state index < -0.39 is 11.8 Å². The quantitative estimate of drug-likeness (QED) is 0.841. The van der Waals surface area contributed by atoms with Gasteiger partial charge in [0.25, 0.3) is 5.91 Å². The lowest BCUT2D eigenvalue weighted by atomic mass is 9.93. The first-order valence-corrected chi connectivity index (χ1v) is 7.79. The monoisotopic (exact) mass is 347 g/mol. The van der Waals surface area contributed by atoms with Gasteiger partial charge in [-0.15, -0.1) is 0 Å². The minimum atomic E-state index is -0.841. The Kier molecular flexibility index (Phi) is 5.64. The van der Waals surface area contributed by atoms with E-state index in [1.807, 2.05) is 0 Å². The Balaban J connectivity index is 2.09. The van der Waals surface area contributed by atoms with Crippen LogP contribution in [-0.4, -0.2) is 35.0 Å². The summed E-state index contributed by atoms with van der Waals surface area (Å²) in [5, 5.41) is 8.73. The molecule has 1 aliphatic heterocycles. The topological polar surface area (TPSA) is 57.6 Å². The number of hydrogen-bond acceptors (Lipinski definition) is 2. The predicted octanol–water partition coefficient (Wildman–Crippen LogP) is 3.85. The Morgan fingerprint density at radius 3 is 2.73 bits per heavy atom. The molecule has 1 atom stereocenters. The summed E-state index contributed by atoms with van der Waals surface area (Å²) in [6.07, 6.45) is 2.30. The summed E-state index contributed by atoms with van der Waals surface area (Å²) in [6, 6.07) is 2.27. The number of nitrogens with zero attached hydrogens (tertiary/aromatic N) is 1. The number of piperidine rings is 1. The summed E-state index contributed by atoms with van der Waals surface area (Å²) in [6.45, 7) is 1.02. The van der Waals surface area contributed by atoms with E-state index in [1.54, 1.807) is 4.90 Å². The third kappa shape index (κ3) is 4.11. The highest BCUT2D eigenvalue weighted by atomic mass is 35.5. The molecule has 1 unspecified atom stereocenters. The Morgan fingerprint density at radius 1 is 1.32 bits per heavy atom. The number of carbonyl (C=O) groups excluding carboxylic acids is 1. The average molecular weight is 348 g/mol. The van der Waals surface area contributed by atoms with E-state index in [-0.39, 0.29) is 33.9 Å². The van der Waals surface area contributed by atoms with Crippen molar-refractivity contribution in [3.63, 3.8) is 0 Å². The second kappa shape index (κ2) is 7.29. The number of rotatable bonds is 4. The highest BCUT2D eigenvalue weighted by Gasteiger charge is 2.26. The minimum absolute atomic E-state index is 0.0856. The second-order valence-corrected chi connectivity index (χ2v) is 6.25. The van der Waals surface area contributed by atoms with Crippen LogP contribution >= 0.6 is 23.2 Å². The first-order valence-electron chi connectivity index (χ1n) is 7.04. The van der Waals surface area contributed by atoms with Gasteiger partial charge in [0.1, 0.15) is 5.82 Å². The molecule has 1 saturated heterocycles. The highest BCUT2D eigenvalue weighted by Crippen LogP contribution is 2.28. The highest BCUT2D eigenvalue weighted by molar-refractivity contribution is 6.36. The summed E-state index contributed by atoms with van der Waals surface area (Å²) in [7, 11) is 0. The van der Waals surface area contributed by atoms with E-state index >= 15 is 0 Å². The van der Waals surface area contributed by atoms with Crippen LogP contribution in [0.25, 0.3) is 0 Å². The van der Waals surface area contributed by atoms with Gasteiger partial charge in [0, 0.05) is 19.5 Å². The molecule has 0 aliphatic carbocycles. The minimum Gasteiger partial charge on any atom is -0.481 e. The fraction of sp³-hybridized carbons (Fsp3) is 0.467. The number of hydrogen-bond donors (Lipinski definition) is 1. The number of aliphatic carboxylic acids is 1. The van der Waals surface area contributed by atoms with Crippen molar-refractivity contribution in [3.8, 4) is 0 Å². The molecule has 22 heavy (non-hydrogen) atoms. The van der Waals surface area contributed by atoms with Gasteiger partial charge < -0.3 is 10.0 Å². The lowest BCUT2D eigenvalue weighted by molar-refractivity contribution is -0.137. The Labute approximate surface area is 137 Å². The molecule has 120 valence electrons. The van der Waals surface area contributed by atoms with Crippen LogP contribution in [0.15, 0.2) is 12.1 Å². The molecule has 0 bridgehead atoms. The van der Waals surface area contributed by atoms with Crippen LogP contribution in [0.4, 0.5) is 4.39 Å². The molecule has 1 aliphatic rings. The number of halogens is 3. The SMILES string of the molecule is O=C(O)CCC1CCCN(C(=O)c2cc(F)c(Cl)cc2Cl)C1. The lowest BCUT2D eigenvalue weighted by Gasteiger charge is -2.33. The van der Waals surface area contributed by atoms with E-state index in [0.717, 1.165) is 18.9 Å². The third-order valence-corrected chi connectivity index (χ3v) is 4.42. The van der Waals surface area contributed by atoms with E-state index in [9.17, 15) is 14.0 Å².